The van der Waals surface area contributed by atoms with Crippen LogP contribution in [0.3, 0.4) is 0 Å². The molecule has 0 aromatic heterocycles. The summed E-state index contributed by atoms with van der Waals surface area (Å²) in [5, 5.41) is 0. The van der Waals surface area contributed by atoms with Crippen LogP contribution in [-0.2, 0) is 4.74 Å². The van der Waals surface area contributed by atoms with Crippen LogP contribution >= 0.6 is 0 Å². The molecule has 0 N–H and O–H groups in total. The van der Waals surface area contributed by atoms with Crippen LogP contribution in [-0.4, -0.2) is 6.61 Å². The average molecular weight is 166 g/mol. The standard InChI is InChI=1S/C11H18O/c1-3-12-8(2)11-7-9-4-5-10(11)6-9/h9-11H,2-7H2,1H3. The molecule has 0 radical (unpaired) electrons. The first-order valence-electron chi connectivity index (χ1n) is 5.12. The fourth-order valence-electron chi connectivity index (χ4n) is 2.93. The Balaban J connectivity index is 1.93. The Morgan fingerprint density at radius 1 is 1.42 bits per heavy atom. The quantitative estimate of drug-likeness (QED) is 0.586. The van der Waals surface area contributed by atoms with Gasteiger partial charge in [0, 0.05) is 5.92 Å². The highest BCUT2D eigenvalue weighted by molar-refractivity contribution is 5.03. The smallest absolute Gasteiger partial charge is 0.0921 e. The topological polar surface area (TPSA) is 9.23 Å². The summed E-state index contributed by atoms with van der Waals surface area (Å²) in [4.78, 5) is 0. The van der Waals surface area contributed by atoms with Crippen LogP contribution < -0.4 is 0 Å². The minimum absolute atomic E-state index is 0.698. The molecule has 12 heavy (non-hydrogen) atoms. The number of fused-ring (bicyclic) bond motifs is 2. The third kappa shape index (κ3) is 1.26. The summed E-state index contributed by atoms with van der Waals surface area (Å²) in [6.07, 6.45) is 5.67. The van der Waals surface area contributed by atoms with E-state index in [4.69, 9.17) is 4.74 Å². The van der Waals surface area contributed by atoms with E-state index in [1.807, 2.05) is 6.92 Å². The van der Waals surface area contributed by atoms with Crippen molar-refractivity contribution in [3.05, 3.63) is 12.3 Å². The molecule has 3 unspecified atom stereocenters. The second kappa shape index (κ2) is 3.12. The molecular formula is C11H18O. The molecule has 2 bridgehead atoms. The van der Waals surface area contributed by atoms with Crippen molar-refractivity contribution >= 4 is 0 Å². The molecule has 2 saturated carbocycles. The zero-order chi connectivity index (χ0) is 8.55. The number of ether oxygens (including phenoxy) is 1. The van der Waals surface area contributed by atoms with Gasteiger partial charge in [-0.3, -0.25) is 0 Å². The van der Waals surface area contributed by atoms with Crippen molar-refractivity contribution in [1.29, 1.82) is 0 Å². The van der Waals surface area contributed by atoms with E-state index < -0.39 is 0 Å². The Morgan fingerprint density at radius 3 is 2.75 bits per heavy atom. The van der Waals surface area contributed by atoms with Gasteiger partial charge in [-0.25, -0.2) is 0 Å². The van der Waals surface area contributed by atoms with Gasteiger partial charge in [-0.15, -0.1) is 0 Å². The lowest BCUT2D eigenvalue weighted by molar-refractivity contribution is 0.166. The lowest BCUT2D eigenvalue weighted by Gasteiger charge is -2.23. The van der Waals surface area contributed by atoms with E-state index in [1.165, 1.54) is 25.7 Å². The second-order valence-corrected chi connectivity index (χ2v) is 4.18. The van der Waals surface area contributed by atoms with Crippen LogP contribution in [0.25, 0.3) is 0 Å². The molecule has 3 atom stereocenters. The summed E-state index contributed by atoms with van der Waals surface area (Å²) in [6, 6.07) is 0. The van der Waals surface area contributed by atoms with Gasteiger partial charge >= 0.3 is 0 Å². The molecule has 0 amide bonds. The molecule has 0 aliphatic heterocycles. The fraction of sp³-hybridized carbons (Fsp3) is 0.818. The maximum Gasteiger partial charge on any atom is 0.0921 e. The largest absolute Gasteiger partial charge is 0.499 e. The first kappa shape index (κ1) is 8.15. The Morgan fingerprint density at radius 2 is 2.25 bits per heavy atom. The first-order chi connectivity index (χ1) is 5.81. The lowest BCUT2D eigenvalue weighted by Crippen LogP contribution is -2.14. The summed E-state index contributed by atoms with van der Waals surface area (Å²) in [6.45, 7) is 6.85. The van der Waals surface area contributed by atoms with Crippen LogP contribution in [0.4, 0.5) is 0 Å². The van der Waals surface area contributed by atoms with E-state index >= 15 is 0 Å². The SMILES string of the molecule is C=C(OCC)C1CC2CCC1C2. The molecule has 68 valence electrons. The summed E-state index contributed by atoms with van der Waals surface area (Å²) >= 11 is 0. The van der Waals surface area contributed by atoms with Gasteiger partial charge in [-0.05, 0) is 38.0 Å². The molecule has 0 aromatic rings. The van der Waals surface area contributed by atoms with Gasteiger partial charge in [-0.1, -0.05) is 13.0 Å². The van der Waals surface area contributed by atoms with Crippen molar-refractivity contribution in [1.82, 2.24) is 0 Å². The van der Waals surface area contributed by atoms with E-state index in [-0.39, 0.29) is 0 Å². The highest BCUT2D eigenvalue weighted by Gasteiger charge is 2.41. The van der Waals surface area contributed by atoms with E-state index in [0.717, 1.165) is 24.2 Å². The number of hydrogen-bond acceptors (Lipinski definition) is 1. The molecule has 0 saturated heterocycles. The molecule has 0 aromatic carbocycles. The van der Waals surface area contributed by atoms with Crippen LogP contribution in [0.5, 0.6) is 0 Å². The number of allylic oxidation sites excluding steroid dienone is 1. The third-order valence-electron chi connectivity index (χ3n) is 3.48. The van der Waals surface area contributed by atoms with Crippen LogP contribution in [0.2, 0.25) is 0 Å². The zero-order valence-corrected chi connectivity index (χ0v) is 7.88. The minimum Gasteiger partial charge on any atom is -0.499 e. The van der Waals surface area contributed by atoms with Crippen molar-refractivity contribution in [2.75, 3.05) is 6.61 Å². The Bertz CT molecular complexity index is 185. The predicted molar refractivity (Wildman–Crippen MR) is 49.7 cm³/mol. The molecule has 1 heteroatoms. The van der Waals surface area contributed by atoms with E-state index in [2.05, 4.69) is 6.58 Å². The van der Waals surface area contributed by atoms with Gasteiger partial charge < -0.3 is 4.74 Å². The maximum absolute atomic E-state index is 5.48. The maximum atomic E-state index is 5.48. The lowest BCUT2D eigenvalue weighted by atomic mass is 9.88. The monoisotopic (exact) mass is 166 g/mol. The second-order valence-electron chi connectivity index (χ2n) is 4.18. The van der Waals surface area contributed by atoms with Gasteiger partial charge in [0.1, 0.15) is 0 Å². The number of rotatable bonds is 3. The van der Waals surface area contributed by atoms with Crippen molar-refractivity contribution in [2.24, 2.45) is 17.8 Å². The minimum atomic E-state index is 0.698. The Hall–Kier alpha value is -0.460. The molecular weight excluding hydrogens is 148 g/mol. The molecule has 1 nitrogen and oxygen atoms in total. The van der Waals surface area contributed by atoms with Gasteiger partial charge in [0.25, 0.3) is 0 Å². The fourth-order valence-corrected chi connectivity index (χ4v) is 2.93. The summed E-state index contributed by atoms with van der Waals surface area (Å²) in [7, 11) is 0. The Labute approximate surface area is 74.8 Å². The van der Waals surface area contributed by atoms with E-state index in [9.17, 15) is 0 Å². The first-order valence-corrected chi connectivity index (χ1v) is 5.12. The van der Waals surface area contributed by atoms with Crippen LogP contribution in [0.1, 0.15) is 32.6 Å². The summed E-state index contributed by atoms with van der Waals surface area (Å²) < 4.78 is 5.48. The molecule has 2 rings (SSSR count). The summed E-state index contributed by atoms with van der Waals surface area (Å²) in [5.41, 5.74) is 0. The van der Waals surface area contributed by atoms with Crippen LogP contribution in [0, 0.1) is 17.8 Å². The molecule has 0 heterocycles. The zero-order valence-electron chi connectivity index (χ0n) is 7.88. The van der Waals surface area contributed by atoms with Crippen molar-refractivity contribution in [3.63, 3.8) is 0 Å². The van der Waals surface area contributed by atoms with E-state index in [0.29, 0.717) is 5.92 Å². The van der Waals surface area contributed by atoms with Crippen molar-refractivity contribution in [3.8, 4) is 0 Å². The van der Waals surface area contributed by atoms with Crippen LogP contribution in [0.15, 0.2) is 12.3 Å². The average Bonchev–Trinajstić information content (AvgIpc) is 2.64. The van der Waals surface area contributed by atoms with Gasteiger partial charge in [0.2, 0.25) is 0 Å². The molecule has 0 spiro atoms. The van der Waals surface area contributed by atoms with E-state index in [1.54, 1.807) is 0 Å². The van der Waals surface area contributed by atoms with Crippen molar-refractivity contribution < 1.29 is 4.74 Å². The molecule has 2 aliphatic carbocycles. The highest BCUT2D eigenvalue weighted by atomic mass is 16.5. The third-order valence-corrected chi connectivity index (χ3v) is 3.48. The number of hydrogen-bond donors (Lipinski definition) is 0. The molecule has 2 aliphatic rings. The van der Waals surface area contributed by atoms with Gasteiger partial charge in [0.15, 0.2) is 0 Å². The van der Waals surface area contributed by atoms with Gasteiger partial charge in [0.05, 0.1) is 12.4 Å². The Kier molecular flexibility index (Phi) is 2.12. The summed E-state index contributed by atoms with van der Waals surface area (Å²) in [5.74, 6) is 3.67. The normalized spacial score (nSPS) is 38.6. The highest BCUT2D eigenvalue weighted by Crippen LogP contribution is 2.50. The van der Waals surface area contributed by atoms with Crippen molar-refractivity contribution in [2.45, 2.75) is 32.6 Å². The molecule has 2 fully saturated rings. The van der Waals surface area contributed by atoms with Gasteiger partial charge in [-0.2, -0.15) is 0 Å². The predicted octanol–water partition coefficient (Wildman–Crippen LogP) is 2.97.